The molecule has 3 unspecified atom stereocenters. The molecule has 3 rings (SSSR count). The van der Waals surface area contributed by atoms with Gasteiger partial charge in [0.15, 0.2) is 0 Å². The molecule has 2 aliphatic rings. The van der Waals surface area contributed by atoms with Crippen molar-refractivity contribution in [2.45, 2.75) is 64.0 Å². The topological polar surface area (TPSA) is 29.3 Å². The second-order valence-corrected chi connectivity index (χ2v) is 7.78. The Labute approximate surface area is 129 Å². The van der Waals surface area contributed by atoms with E-state index >= 15 is 0 Å². The standard InChI is InChI=1S/C19H30N2/c1-14-9-11-21(15(12-14)13-20)18-8-10-19(2,3)17-7-5-4-6-16(17)18/h4-7,14-15,18H,8-13,20H2,1-3H3. The summed E-state index contributed by atoms with van der Waals surface area (Å²) in [7, 11) is 0. The Balaban J connectivity index is 1.93. The van der Waals surface area contributed by atoms with E-state index in [1.54, 1.807) is 11.1 Å². The van der Waals surface area contributed by atoms with Gasteiger partial charge in [0.05, 0.1) is 0 Å². The SMILES string of the molecule is CC1CCN(C2CCC(C)(C)c3ccccc32)C(CN)C1. The smallest absolute Gasteiger partial charge is 0.0354 e. The molecule has 1 heterocycles. The minimum Gasteiger partial charge on any atom is -0.329 e. The predicted octanol–water partition coefficient (Wildman–Crippen LogP) is 3.86. The molecule has 116 valence electrons. The lowest BCUT2D eigenvalue weighted by Gasteiger charge is -2.47. The van der Waals surface area contributed by atoms with E-state index in [0.717, 1.165) is 12.5 Å². The van der Waals surface area contributed by atoms with E-state index in [1.165, 1.54) is 32.2 Å². The van der Waals surface area contributed by atoms with Crippen molar-refractivity contribution in [3.63, 3.8) is 0 Å². The van der Waals surface area contributed by atoms with Crippen LogP contribution < -0.4 is 5.73 Å². The Morgan fingerprint density at radius 1 is 1.24 bits per heavy atom. The number of hydrogen-bond donors (Lipinski definition) is 1. The van der Waals surface area contributed by atoms with Crippen LogP contribution in [0.25, 0.3) is 0 Å². The lowest BCUT2D eigenvalue weighted by molar-refractivity contribution is 0.0615. The maximum atomic E-state index is 6.09. The molecule has 0 bridgehead atoms. The minimum atomic E-state index is 0.314. The zero-order valence-electron chi connectivity index (χ0n) is 13.8. The average molecular weight is 286 g/mol. The maximum Gasteiger partial charge on any atom is 0.0354 e. The monoisotopic (exact) mass is 286 g/mol. The van der Waals surface area contributed by atoms with Gasteiger partial charge in [0.1, 0.15) is 0 Å². The highest BCUT2D eigenvalue weighted by Gasteiger charge is 2.38. The van der Waals surface area contributed by atoms with Crippen molar-refractivity contribution in [3.05, 3.63) is 35.4 Å². The van der Waals surface area contributed by atoms with Crippen molar-refractivity contribution in [2.75, 3.05) is 13.1 Å². The summed E-state index contributed by atoms with van der Waals surface area (Å²) in [4.78, 5) is 2.72. The molecule has 2 heteroatoms. The van der Waals surface area contributed by atoms with Gasteiger partial charge in [-0.05, 0) is 54.7 Å². The van der Waals surface area contributed by atoms with Crippen LogP contribution in [0.2, 0.25) is 0 Å². The van der Waals surface area contributed by atoms with Crippen LogP contribution in [-0.4, -0.2) is 24.0 Å². The number of rotatable bonds is 2. The molecular formula is C19H30N2. The van der Waals surface area contributed by atoms with Crippen LogP contribution in [0.15, 0.2) is 24.3 Å². The fourth-order valence-corrected chi connectivity index (χ4v) is 4.45. The van der Waals surface area contributed by atoms with Crippen molar-refractivity contribution in [1.29, 1.82) is 0 Å². The number of benzene rings is 1. The molecule has 0 amide bonds. The van der Waals surface area contributed by atoms with E-state index in [9.17, 15) is 0 Å². The van der Waals surface area contributed by atoms with Gasteiger partial charge in [-0.3, -0.25) is 4.90 Å². The predicted molar refractivity (Wildman–Crippen MR) is 89.4 cm³/mol. The summed E-state index contributed by atoms with van der Waals surface area (Å²) < 4.78 is 0. The van der Waals surface area contributed by atoms with Crippen LogP contribution in [0.3, 0.4) is 0 Å². The van der Waals surface area contributed by atoms with E-state index < -0.39 is 0 Å². The number of nitrogens with two attached hydrogens (primary N) is 1. The Hall–Kier alpha value is -0.860. The first-order valence-electron chi connectivity index (χ1n) is 8.58. The molecule has 1 saturated heterocycles. The molecule has 1 aromatic rings. The largest absolute Gasteiger partial charge is 0.329 e. The van der Waals surface area contributed by atoms with Gasteiger partial charge >= 0.3 is 0 Å². The minimum absolute atomic E-state index is 0.314. The normalized spacial score (nSPS) is 32.7. The molecule has 2 N–H and O–H groups in total. The summed E-state index contributed by atoms with van der Waals surface area (Å²) in [6.45, 7) is 9.16. The highest BCUT2D eigenvalue weighted by Crippen LogP contribution is 2.45. The van der Waals surface area contributed by atoms with Crippen LogP contribution >= 0.6 is 0 Å². The number of nitrogens with zero attached hydrogens (tertiary/aromatic N) is 1. The average Bonchev–Trinajstić information content (AvgIpc) is 2.48. The summed E-state index contributed by atoms with van der Waals surface area (Å²) in [5.74, 6) is 0.824. The number of hydrogen-bond acceptors (Lipinski definition) is 2. The van der Waals surface area contributed by atoms with Gasteiger partial charge in [-0.2, -0.15) is 0 Å². The molecule has 2 nitrogen and oxygen atoms in total. The van der Waals surface area contributed by atoms with Gasteiger partial charge in [-0.15, -0.1) is 0 Å². The van der Waals surface area contributed by atoms with E-state index in [1.807, 2.05) is 0 Å². The van der Waals surface area contributed by atoms with E-state index in [4.69, 9.17) is 5.73 Å². The molecule has 1 fully saturated rings. The number of fused-ring (bicyclic) bond motifs is 1. The molecule has 1 aliphatic carbocycles. The molecule has 0 saturated carbocycles. The fourth-order valence-electron chi connectivity index (χ4n) is 4.45. The number of likely N-dealkylation sites (tertiary alicyclic amines) is 1. The zero-order chi connectivity index (χ0) is 15.0. The quantitative estimate of drug-likeness (QED) is 0.894. The van der Waals surface area contributed by atoms with Gasteiger partial charge in [0, 0.05) is 18.6 Å². The van der Waals surface area contributed by atoms with Crippen LogP contribution in [0.1, 0.15) is 63.6 Å². The molecule has 3 atom stereocenters. The lowest BCUT2D eigenvalue weighted by Crippen LogP contribution is -2.49. The third kappa shape index (κ3) is 2.76. The Kier molecular flexibility index (Phi) is 4.11. The maximum absolute atomic E-state index is 6.09. The first-order chi connectivity index (χ1) is 10.0. The zero-order valence-corrected chi connectivity index (χ0v) is 13.8. The number of piperidine rings is 1. The second-order valence-electron chi connectivity index (χ2n) is 7.78. The van der Waals surface area contributed by atoms with Gasteiger partial charge in [0.2, 0.25) is 0 Å². The Bertz CT molecular complexity index is 494. The molecule has 21 heavy (non-hydrogen) atoms. The van der Waals surface area contributed by atoms with Crippen LogP contribution in [-0.2, 0) is 5.41 Å². The summed E-state index contributed by atoms with van der Waals surface area (Å²) >= 11 is 0. The Morgan fingerprint density at radius 2 is 2.00 bits per heavy atom. The first-order valence-corrected chi connectivity index (χ1v) is 8.58. The molecule has 1 aromatic carbocycles. The van der Waals surface area contributed by atoms with Crippen LogP contribution in [0.4, 0.5) is 0 Å². The summed E-state index contributed by atoms with van der Waals surface area (Å²) in [5.41, 5.74) is 9.52. The fraction of sp³-hybridized carbons (Fsp3) is 0.684. The third-order valence-corrected chi connectivity index (χ3v) is 5.79. The van der Waals surface area contributed by atoms with Crippen LogP contribution in [0.5, 0.6) is 0 Å². The third-order valence-electron chi connectivity index (χ3n) is 5.79. The highest BCUT2D eigenvalue weighted by molar-refractivity contribution is 5.38. The first kappa shape index (κ1) is 15.1. The van der Waals surface area contributed by atoms with Crippen LogP contribution in [0, 0.1) is 5.92 Å². The summed E-state index contributed by atoms with van der Waals surface area (Å²) in [5, 5.41) is 0. The van der Waals surface area contributed by atoms with Gasteiger partial charge < -0.3 is 5.73 Å². The van der Waals surface area contributed by atoms with Crippen molar-refractivity contribution in [1.82, 2.24) is 4.90 Å². The Morgan fingerprint density at radius 3 is 2.76 bits per heavy atom. The molecule has 0 spiro atoms. The second kappa shape index (κ2) is 5.73. The van der Waals surface area contributed by atoms with E-state index in [2.05, 4.69) is 49.9 Å². The molecular weight excluding hydrogens is 256 g/mol. The van der Waals surface area contributed by atoms with Gasteiger partial charge in [-0.25, -0.2) is 0 Å². The molecule has 0 radical (unpaired) electrons. The van der Waals surface area contributed by atoms with E-state index in [0.29, 0.717) is 17.5 Å². The lowest BCUT2D eigenvalue weighted by atomic mass is 9.70. The van der Waals surface area contributed by atoms with Gasteiger partial charge in [0.25, 0.3) is 0 Å². The van der Waals surface area contributed by atoms with Gasteiger partial charge in [-0.1, -0.05) is 45.0 Å². The highest BCUT2D eigenvalue weighted by atomic mass is 15.2. The summed E-state index contributed by atoms with van der Waals surface area (Å²) in [6, 6.07) is 10.2. The van der Waals surface area contributed by atoms with Crippen molar-refractivity contribution in [2.24, 2.45) is 11.7 Å². The summed E-state index contributed by atoms with van der Waals surface area (Å²) in [6.07, 6.45) is 5.13. The van der Waals surface area contributed by atoms with E-state index in [-0.39, 0.29) is 0 Å². The molecule has 0 aromatic heterocycles. The van der Waals surface area contributed by atoms with Crippen molar-refractivity contribution < 1.29 is 0 Å². The van der Waals surface area contributed by atoms with Crippen molar-refractivity contribution in [3.8, 4) is 0 Å². The van der Waals surface area contributed by atoms with Crippen molar-refractivity contribution >= 4 is 0 Å². The molecule has 1 aliphatic heterocycles.